The van der Waals surface area contributed by atoms with Crippen molar-refractivity contribution in [2.75, 3.05) is 20.2 Å². The summed E-state index contributed by atoms with van der Waals surface area (Å²) in [4.78, 5) is 28.0. The van der Waals surface area contributed by atoms with Gasteiger partial charge in [-0.2, -0.15) is 0 Å². The fourth-order valence-corrected chi connectivity index (χ4v) is 3.20. The highest BCUT2D eigenvalue weighted by Gasteiger charge is 2.32. The SMILES string of the molecule is COCc1nocc1CN1CCC(=O)N(CCc2ccc(Cl)c(C)c2)C1=O. The van der Waals surface area contributed by atoms with E-state index in [2.05, 4.69) is 5.16 Å². The Labute approximate surface area is 162 Å². The molecule has 1 saturated heterocycles. The van der Waals surface area contributed by atoms with E-state index in [1.54, 1.807) is 12.0 Å². The Balaban J connectivity index is 1.66. The lowest BCUT2D eigenvalue weighted by molar-refractivity contribution is -0.131. The van der Waals surface area contributed by atoms with Crippen molar-refractivity contribution in [1.29, 1.82) is 0 Å². The quantitative estimate of drug-likeness (QED) is 0.724. The molecule has 1 fully saturated rings. The third kappa shape index (κ3) is 4.48. The molecule has 0 bridgehead atoms. The smallest absolute Gasteiger partial charge is 0.327 e. The molecule has 1 aliphatic heterocycles. The third-order valence-corrected chi connectivity index (χ3v) is 5.04. The summed E-state index contributed by atoms with van der Waals surface area (Å²) in [5.41, 5.74) is 3.46. The minimum atomic E-state index is -0.290. The maximum atomic E-state index is 12.8. The predicted octanol–water partition coefficient (Wildman–Crippen LogP) is 3.18. The van der Waals surface area contributed by atoms with Crippen molar-refractivity contribution in [1.82, 2.24) is 15.0 Å². The number of rotatable bonds is 7. The Morgan fingerprint density at radius 3 is 2.89 bits per heavy atom. The van der Waals surface area contributed by atoms with E-state index in [4.69, 9.17) is 20.9 Å². The number of hydrogen-bond donors (Lipinski definition) is 0. The first kappa shape index (κ1) is 19.4. The van der Waals surface area contributed by atoms with E-state index < -0.39 is 0 Å². The average Bonchev–Trinajstić information content (AvgIpc) is 3.07. The largest absolute Gasteiger partial charge is 0.378 e. The van der Waals surface area contributed by atoms with Gasteiger partial charge in [-0.3, -0.25) is 9.69 Å². The first-order chi connectivity index (χ1) is 13.0. The molecule has 8 heteroatoms. The van der Waals surface area contributed by atoms with Gasteiger partial charge in [-0.1, -0.05) is 28.9 Å². The molecule has 1 aliphatic rings. The van der Waals surface area contributed by atoms with Gasteiger partial charge in [0.2, 0.25) is 5.91 Å². The molecule has 0 radical (unpaired) electrons. The Hall–Kier alpha value is -2.38. The number of methoxy groups -OCH3 is 1. The van der Waals surface area contributed by atoms with Crippen molar-refractivity contribution in [3.05, 3.63) is 51.9 Å². The zero-order valence-corrected chi connectivity index (χ0v) is 16.2. The Bertz CT molecular complexity index is 836. The van der Waals surface area contributed by atoms with E-state index in [9.17, 15) is 9.59 Å². The summed E-state index contributed by atoms with van der Waals surface area (Å²) in [7, 11) is 1.57. The van der Waals surface area contributed by atoms with E-state index in [1.807, 2.05) is 25.1 Å². The van der Waals surface area contributed by atoms with Gasteiger partial charge in [-0.15, -0.1) is 0 Å². The fourth-order valence-electron chi connectivity index (χ4n) is 3.08. The van der Waals surface area contributed by atoms with E-state index >= 15 is 0 Å². The summed E-state index contributed by atoms with van der Waals surface area (Å²) in [5.74, 6) is -0.149. The molecule has 0 unspecified atom stereocenters. The Kier molecular flexibility index (Phi) is 6.13. The lowest BCUT2D eigenvalue weighted by Gasteiger charge is -2.34. The van der Waals surface area contributed by atoms with Gasteiger partial charge in [0.25, 0.3) is 0 Å². The van der Waals surface area contributed by atoms with Crippen LogP contribution in [0.4, 0.5) is 4.79 Å². The van der Waals surface area contributed by atoms with Crippen molar-refractivity contribution >= 4 is 23.5 Å². The summed E-state index contributed by atoms with van der Waals surface area (Å²) in [6, 6.07) is 5.44. The first-order valence-corrected chi connectivity index (χ1v) is 9.12. The van der Waals surface area contributed by atoms with E-state index in [-0.39, 0.29) is 11.9 Å². The number of halogens is 1. The van der Waals surface area contributed by atoms with Crippen LogP contribution in [0, 0.1) is 6.92 Å². The molecule has 1 aromatic heterocycles. The van der Waals surface area contributed by atoms with Gasteiger partial charge in [0, 0.05) is 37.2 Å². The highest BCUT2D eigenvalue weighted by Crippen LogP contribution is 2.20. The number of carbonyl (C=O) groups is 2. The number of nitrogens with zero attached hydrogens (tertiary/aromatic N) is 3. The van der Waals surface area contributed by atoms with Gasteiger partial charge in [0.05, 0.1) is 13.2 Å². The predicted molar refractivity (Wildman–Crippen MR) is 99.2 cm³/mol. The van der Waals surface area contributed by atoms with E-state index in [0.29, 0.717) is 49.8 Å². The van der Waals surface area contributed by atoms with Crippen molar-refractivity contribution < 1.29 is 18.8 Å². The maximum Gasteiger partial charge on any atom is 0.327 e. The second kappa shape index (κ2) is 8.54. The van der Waals surface area contributed by atoms with Crippen molar-refractivity contribution in [3.8, 4) is 0 Å². The molecule has 0 atom stereocenters. The zero-order chi connectivity index (χ0) is 19.4. The molecular weight excluding hydrogens is 370 g/mol. The standard InChI is InChI=1S/C19H22ClN3O4/c1-13-9-14(3-4-16(13)20)5-8-23-18(24)6-7-22(19(23)25)10-15-11-27-21-17(15)12-26-2/h3-4,9,11H,5-8,10,12H2,1-2H3. The Morgan fingerprint density at radius 1 is 1.33 bits per heavy atom. The van der Waals surface area contributed by atoms with E-state index in [1.165, 1.54) is 11.2 Å². The molecule has 27 heavy (non-hydrogen) atoms. The monoisotopic (exact) mass is 391 g/mol. The number of hydrogen-bond acceptors (Lipinski definition) is 5. The molecule has 0 saturated carbocycles. The number of aromatic nitrogens is 1. The number of imide groups is 1. The lowest BCUT2D eigenvalue weighted by atomic mass is 10.1. The second-order valence-corrected chi connectivity index (χ2v) is 6.96. The fraction of sp³-hybridized carbons (Fsp3) is 0.421. The average molecular weight is 392 g/mol. The number of urea groups is 1. The van der Waals surface area contributed by atoms with Crippen LogP contribution in [0.5, 0.6) is 0 Å². The lowest BCUT2D eigenvalue weighted by Crippen LogP contribution is -2.52. The molecule has 1 aromatic carbocycles. The van der Waals surface area contributed by atoms with Crippen molar-refractivity contribution in [3.63, 3.8) is 0 Å². The van der Waals surface area contributed by atoms with Crippen LogP contribution in [0.3, 0.4) is 0 Å². The van der Waals surface area contributed by atoms with Crippen LogP contribution in [0.25, 0.3) is 0 Å². The molecule has 0 spiro atoms. The molecule has 3 rings (SSSR count). The zero-order valence-electron chi connectivity index (χ0n) is 15.4. The summed E-state index contributed by atoms with van der Waals surface area (Å²) >= 11 is 6.05. The highest BCUT2D eigenvalue weighted by molar-refractivity contribution is 6.31. The van der Waals surface area contributed by atoms with Crippen LogP contribution in [-0.4, -0.2) is 47.1 Å². The summed E-state index contributed by atoms with van der Waals surface area (Å²) in [6.45, 7) is 3.30. The minimum absolute atomic E-state index is 0.149. The number of carbonyl (C=O) groups excluding carboxylic acids is 2. The van der Waals surface area contributed by atoms with Gasteiger partial charge in [0.15, 0.2) is 0 Å². The van der Waals surface area contributed by atoms with Gasteiger partial charge in [0.1, 0.15) is 12.0 Å². The Morgan fingerprint density at radius 2 is 2.15 bits per heavy atom. The minimum Gasteiger partial charge on any atom is -0.378 e. The second-order valence-electron chi connectivity index (χ2n) is 6.55. The van der Waals surface area contributed by atoms with Crippen LogP contribution in [0.2, 0.25) is 5.02 Å². The summed E-state index contributed by atoms with van der Waals surface area (Å²) < 4.78 is 10.1. The van der Waals surface area contributed by atoms with Crippen molar-refractivity contribution in [2.45, 2.75) is 32.9 Å². The van der Waals surface area contributed by atoms with Crippen LogP contribution in [0.1, 0.15) is 28.8 Å². The van der Waals surface area contributed by atoms with E-state index in [0.717, 1.165) is 16.7 Å². The normalized spacial score (nSPS) is 14.9. The first-order valence-electron chi connectivity index (χ1n) is 8.75. The molecule has 2 aromatic rings. The number of amides is 3. The molecule has 3 amide bonds. The number of benzene rings is 1. The number of aryl methyl sites for hydroxylation is 1. The topological polar surface area (TPSA) is 75.9 Å². The van der Waals surface area contributed by atoms with Gasteiger partial charge < -0.3 is 14.2 Å². The third-order valence-electron chi connectivity index (χ3n) is 4.62. The van der Waals surface area contributed by atoms with Crippen LogP contribution >= 0.6 is 11.6 Å². The molecule has 7 nitrogen and oxygen atoms in total. The molecule has 0 N–H and O–H groups in total. The van der Waals surface area contributed by atoms with Crippen LogP contribution in [-0.2, 0) is 29.1 Å². The summed E-state index contributed by atoms with van der Waals surface area (Å²) in [5, 5.41) is 4.60. The molecule has 2 heterocycles. The molecule has 144 valence electrons. The molecule has 0 aliphatic carbocycles. The van der Waals surface area contributed by atoms with Crippen LogP contribution < -0.4 is 0 Å². The summed E-state index contributed by atoms with van der Waals surface area (Å²) in [6.07, 6.45) is 2.40. The van der Waals surface area contributed by atoms with Crippen LogP contribution in [0.15, 0.2) is 29.0 Å². The van der Waals surface area contributed by atoms with Gasteiger partial charge in [-0.25, -0.2) is 4.79 Å². The molecular formula is C19H22ClN3O4. The highest BCUT2D eigenvalue weighted by atomic mass is 35.5. The van der Waals surface area contributed by atoms with Gasteiger partial charge in [-0.05, 0) is 30.5 Å². The van der Waals surface area contributed by atoms with Gasteiger partial charge >= 0.3 is 6.03 Å². The number of ether oxygens (including phenoxy) is 1. The maximum absolute atomic E-state index is 12.8. The van der Waals surface area contributed by atoms with Crippen molar-refractivity contribution in [2.24, 2.45) is 0 Å².